The van der Waals surface area contributed by atoms with E-state index in [0.29, 0.717) is 12.2 Å². The first-order valence-corrected chi connectivity index (χ1v) is 6.68. The highest BCUT2D eigenvalue weighted by molar-refractivity contribution is 5.90. The van der Waals surface area contributed by atoms with Crippen LogP contribution in [0.25, 0.3) is 0 Å². The first kappa shape index (κ1) is 14.8. The summed E-state index contributed by atoms with van der Waals surface area (Å²) in [5.74, 6) is 0.495. The highest BCUT2D eigenvalue weighted by Gasteiger charge is 2.04. The predicted octanol–water partition coefficient (Wildman–Crippen LogP) is 3.62. The second-order valence-electron chi connectivity index (χ2n) is 4.30. The van der Waals surface area contributed by atoms with Gasteiger partial charge in [0.2, 0.25) is 0 Å². The smallest absolute Gasteiger partial charge is 0.338 e. The zero-order valence-corrected chi connectivity index (χ0v) is 12.1. The number of hydrogen-bond donors (Lipinski definition) is 0. The molecular weight excluding hydrogens is 266 g/mol. The van der Waals surface area contributed by atoms with Gasteiger partial charge in [0, 0.05) is 6.21 Å². The van der Waals surface area contributed by atoms with Crippen molar-refractivity contribution >= 4 is 17.9 Å². The molecule has 108 valence electrons. The fourth-order valence-corrected chi connectivity index (χ4v) is 1.74. The molecule has 0 saturated carbocycles. The third kappa shape index (κ3) is 4.18. The molecule has 0 aliphatic heterocycles. The van der Waals surface area contributed by atoms with E-state index in [2.05, 4.69) is 4.99 Å². The lowest BCUT2D eigenvalue weighted by atomic mass is 10.2. The molecule has 21 heavy (non-hydrogen) atoms. The zero-order valence-electron chi connectivity index (χ0n) is 12.1. The third-order valence-corrected chi connectivity index (χ3v) is 2.86. The molecule has 0 radical (unpaired) electrons. The molecule has 0 unspecified atom stereocenters. The van der Waals surface area contributed by atoms with Gasteiger partial charge in [-0.05, 0) is 61.0 Å². The minimum absolute atomic E-state index is 0.316. The van der Waals surface area contributed by atoms with Crippen molar-refractivity contribution in [3.05, 3.63) is 59.7 Å². The quantitative estimate of drug-likeness (QED) is 0.622. The van der Waals surface area contributed by atoms with Crippen molar-refractivity contribution < 1.29 is 14.3 Å². The standard InChI is InChI=1S/C17H17NO3/c1-3-21-17(19)14-6-8-15(9-7-14)18-12-13-4-10-16(20-2)11-5-13/h4-12H,3H2,1-2H3. The average molecular weight is 283 g/mol. The topological polar surface area (TPSA) is 47.9 Å². The van der Waals surface area contributed by atoms with E-state index in [4.69, 9.17) is 9.47 Å². The summed E-state index contributed by atoms with van der Waals surface area (Å²) < 4.78 is 10.0. The number of ether oxygens (including phenoxy) is 2. The second kappa shape index (κ2) is 7.24. The van der Waals surface area contributed by atoms with Crippen molar-refractivity contribution in [2.75, 3.05) is 13.7 Å². The Morgan fingerprint density at radius 2 is 1.76 bits per heavy atom. The van der Waals surface area contributed by atoms with Crippen molar-refractivity contribution in [1.29, 1.82) is 0 Å². The van der Waals surface area contributed by atoms with Gasteiger partial charge in [0.1, 0.15) is 5.75 Å². The van der Waals surface area contributed by atoms with E-state index in [-0.39, 0.29) is 5.97 Å². The van der Waals surface area contributed by atoms with Gasteiger partial charge in [-0.2, -0.15) is 0 Å². The first-order chi connectivity index (χ1) is 10.2. The number of carbonyl (C=O) groups excluding carboxylic acids is 1. The van der Waals surface area contributed by atoms with Gasteiger partial charge in [0.15, 0.2) is 0 Å². The first-order valence-electron chi connectivity index (χ1n) is 6.68. The molecule has 0 aliphatic carbocycles. The SMILES string of the molecule is CCOC(=O)c1ccc(N=Cc2ccc(OC)cc2)cc1. The van der Waals surface area contributed by atoms with E-state index >= 15 is 0 Å². The molecule has 0 atom stereocenters. The van der Waals surface area contributed by atoms with Crippen LogP contribution in [0.3, 0.4) is 0 Å². The average Bonchev–Trinajstić information content (AvgIpc) is 2.54. The minimum atomic E-state index is -0.316. The fraction of sp³-hybridized carbons (Fsp3) is 0.176. The molecule has 0 saturated heterocycles. The Morgan fingerprint density at radius 3 is 2.33 bits per heavy atom. The molecule has 4 nitrogen and oxygen atoms in total. The Kier molecular flexibility index (Phi) is 5.10. The number of benzene rings is 2. The number of rotatable bonds is 5. The second-order valence-corrected chi connectivity index (χ2v) is 4.30. The van der Waals surface area contributed by atoms with Crippen LogP contribution in [0, 0.1) is 0 Å². The number of hydrogen-bond acceptors (Lipinski definition) is 4. The van der Waals surface area contributed by atoms with Crippen molar-refractivity contribution in [2.24, 2.45) is 4.99 Å². The number of nitrogens with zero attached hydrogens (tertiary/aromatic N) is 1. The van der Waals surface area contributed by atoms with E-state index < -0.39 is 0 Å². The van der Waals surface area contributed by atoms with E-state index in [9.17, 15) is 4.79 Å². The Morgan fingerprint density at radius 1 is 1.10 bits per heavy atom. The van der Waals surface area contributed by atoms with Gasteiger partial charge in [0.05, 0.1) is 25.0 Å². The summed E-state index contributed by atoms with van der Waals surface area (Å²) in [5.41, 5.74) is 2.28. The highest BCUT2D eigenvalue weighted by atomic mass is 16.5. The molecule has 0 bridgehead atoms. The summed E-state index contributed by atoms with van der Waals surface area (Å²) in [6, 6.07) is 14.6. The van der Waals surface area contributed by atoms with Crippen LogP contribution < -0.4 is 4.74 Å². The fourth-order valence-electron chi connectivity index (χ4n) is 1.74. The maximum atomic E-state index is 11.5. The Hall–Kier alpha value is -2.62. The van der Waals surface area contributed by atoms with Gasteiger partial charge in [-0.1, -0.05) is 0 Å². The molecule has 2 rings (SSSR count). The summed E-state index contributed by atoms with van der Waals surface area (Å²) in [6.07, 6.45) is 1.76. The highest BCUT2D eigenvalue weighted by Crippen LogP contribution is 2.15. The van der Waals surface area contributed by atoms with Crippen LogP contribution in [0.4, 0.5) is 5.69 Å². The molecule has 4 heteroatoms. The third-order valence-electron chi connectivity index (χ3n) is 2.86. The van der Waals surface area contributed by atoms with Crippen LogP contribution in [0.15, 0.2) is 53.5 Å². The van der Waals surface area contributed by atoms with Crippen LogP contribution >= 0.6 is 0 Å². The molecule has 0 spiro atoms. The summed E-state index contributed by atoms with van der Waals surface area (Å²) in [7, 11) is 1.63. The molecule has 0 aromatic heterocycles. The number of carbonyl (C=O) groups is 1. The molecule has 2 aromatic carbocycles. The van der Waals surface area contributed by atoms with Crippen LogP contribution in [0.5, 0.6) is 5.75 Å². The number of methoxy groups -OCH3 is 1. The molecule has 0 N–H and O–H groups in total. The largest absolute Gasteiger partial charge is 0.497 e. The van der Waals surface area contributed by atoms with Crippen LogP contribution in [0.1, 0.15) is 22.8 Å². The van der Waals surface area contributed by atoms with Crippen LogP contribution in [-0.4, -0.2) is 25.9 Å². The van der Waals surface area contributed by atoms with E-state index in [1.165, 1.54) is 0 Å². The zero-order chi connectivity index (χ0) is 15.1. The molecular formula is C17H17NO3. The number of esters is 1. The normalized spacial score (nSPS) is 10.6. The Balaban J connectivity index is 2.05. The van der Waals surface area contributed by atoms with Gasteiger partial charge in [-0.15, -0.1) is 0 Å². The summed E-state index contributed by atoms with van der Waals surface area (Å²) in [5, 5.41) is 0. The lowest BCUT2D eigenvalue weighted by Gasteiger charge is -2.01. The maximum absolute atomic E-state index is 11.5. The predicted molar refractivity (Wildman–Crippen MR) is 82.6 cm³/mol. The van der Waals surface area contributed by atoms with Crippen molar-refractivity contribution in [3.8, 4) is 5.75 Å². The summed E-state index contributed by atoms with van der Waals surface area (Å²) in [4.78, 5) is 15.9. The van der Waals surface area contributed by atoms with Gasteiger partial charge in [-0.25, -0.2) is 4.79 Å². The van der Waals surface area contributed by atoms with Crippen molar-refractivity contribution in [1.82, 2.24) is 0 Å². The number of aliphatic imine (C=N–C) groups is 1. The minimum Gasteiger partial charge on any atom is -0.497 e. The van der Waals surface area contributed by atoms with Gasteiger partial charge in [-0.3, -0.25) is 4.99 Å². The van der Waals surface area contributed by atoms with Crippen molar-refractivity contribution in [3.63, 3.8) is 0 Å². The summed E-state index contributed by atoms with van der Waals surface area (Å²) in [6.45, 7) is 2.15. The van der Waals surface area contributed by atoms with Crippen LogP contribution in [0.2, 0.25) is 0 Å². The Bertz CT molecular complexity index is 615. The van der Waals surface area contributed by atoms with E-state index in [0.717, 1.165) is 17.0 Å². The van der Waals surface area contributed by atoms with Crippen molar-refractivity contribution in [2.45, 2.75) is 6.92 Å². The van der Waals surface area contributed by atoms with Gasteiger partial charge >= 0.3 is 5.97 Å². The lowest BCUT2D eigenvalue weighted by molar-refractivity contribution is 0.0526. The molecule has 0 heterocycles. The Labute approximate surface area is 124 Å². The molecule has 0 amide bonds. The molecule has 0 aliphatic rings. The van der Waals surface area contributed by atoms with E-state index in [1.54, 1.807) is 44.5 Å². The molecule has 2 aromatic rings. The summed E-state index contributed by atoms with van der Waals surface area (Å²) >= 11 is 0. The molecule has 0 fully saturated rings. The lowest BCUT2D eigenvalue weighted by Crippen LogP contribution is -2.03. The van der Waals surface area contributed by atoms with Crippen LogP contribution in [-0.2, 0) is 4.74 Å². The van der Waals surface area contributed by atoms with Gasteiger partial charge < -0.3 is 9.47 Å². The maximum Gasteiger partial charge on any atom is 0.338 e. The monoisotopic (exact) mass is 283 g/mol. The van der Waals surface area contributed by atoms with Gasteiger partial charge in [0.25, 0.3) is 0 Å². The van der Waals surface area contributed by atoms with E-state index in [1.807, 2.05) is 24.3 Å².